The first kappa shape index (κ1) is 23.7. The number of alkyl halides is 3. The molecule has 12 heteroatoms. The number of aromatic nitrogens is 1. The minimum atomic E-state index is -4.40. The molecular formula is C17H24F3N3O4S2. The van der Waals surface area contributed by atoms with Gasteiger partial charge in [0, 0.05) is 18.3 Å². The number of carbonyl (C=O) groups is 2. The highest BCUT2D eigenvalue weighted by Crippen LogP contribution is 2.29. The summed E-state index contributed by atoms with van der Waals surface area (Å²) in [6, 6.07) is -0.452. The summed E-state index contributed by atoms with van der Waals surface area (Å²) < 4.78 is 42.2. The van der Waals surface area contributed by atoms with E-state index in [1.165, 1.54) is 28.0 Å². The number of carbonyl (C=O) groups excluding carboxylic acids is 1. The van der Waals surface area contributed by atoms with Crippen LogP contribution in [0.3, 0.4) is 0 Å². The van der Waals surface area contributed by atoms with Crippen molar-refractivity contribution >= 4 is 40.2 Å². The second-order valence-corrected chi connectivity index (χ2v) is 8.99. The van der Waals surface area contributed by atoms with Crippen molar-refractivity contribution in [2.24, 2.45) is 0 Å². The molecule has 0 radical (unpaired) electrons. The minimum absolute atomic E-state index is 0.0254. The largest absolute Gasteiger partial charge is 0.481 e. The van der Waals surface area contributed by atoms with Crippen LogP contribution in [0, 0.1) is 0 Å². The van der Waals surface area contributed by atoms with Gasteiger partial charge in [0.15, 0.2) is 5.13 Å². The van der Waals surface area contributed by atoms with Gasteiger partial charge in [0.1, 0.15) is 6.61 Å². The summed E-state index contributed by atoms with van der Waals surface area (Å²) in [5.74, 6) is -0.484. The van der Waals surface area contributed by atoms with Crippen LogP contribution in [0.2, 0.25) is 0 Å². The molecule has 1 heterocycles. The summed E-state index contributed by atoms with van der Waals surface area (Å²) in [6.07, 6.45) is 1.83. The topological polar surface area (TPSA) is 91.8 Å². The van der Waals surface area contributed by atoms with Gasteiger partial charge < -0.3 is 14.7 Å². The molecule has 1 aromatic heterocycles. The van der Waals surface area contributed by atoms with Crippen LogP contribution in [0.15, 0.2) is 10.4 Å². The number of ether oxygens (including phenoxy) is 1. The molecule has 2 rings (SSSR count). The zero-order valence-corrected chi connectivity index (χ0v) is 17.4. The highest BCUT2D eigenvalue weighted by Gasteiger charge is 2.29. The predicted molar refractivity (Wildman–Crippen MR) is 105 cm³/mol. The van der Waals surface area contributed by atoms with Gasteiger partial charge in [0.2, 0.25) is 0 Å². The van der Waals surface area contributed by atoms with E-state index in [4.69, 9.17) is 5.11 Å². The molecule has 0 atom stereocenters. The zero-order chi connectivity index (χ0) is 21.3. The lowest BCUT2D eigenvalue weighted by molar-refractivity contribution is -0.174. The van der Waals surface area contributed by atoms with E-state index in [2.05, 4.69) is 15.0 Å². The fraction of sp³-hybridized carbons (Fsp3) is 0.706. The summed E-state index contributed by atoms with van der Waals surface area (Å²) in [4.78, 5) is 29.0. The molecule has 1 fully saturated rings. The molecule has 0 bridgehead atoms. The number of rotatable bonds is 10. The van der Waals surface area contributed by atoms with Crippen molar-refractivity contribution in [2.45, 2.75) is 55.0 Å². The highest BCUT2D eigenvalue weighted by molar-refractivity contribution is 8.01. The molecule has 0 spiro atoms. The highest BCUT2D eigenvalue weighted by atomic mass is 32.2. The molecule has 0 aromatic carbocycles. The molecule has 2 N–H and O–H groups in total. The van der Waals surface area contributed by atoms with Crippen LogP contribution < -0.4 is 5.32 Å². The van der Waals surface area contributed by atoms with E-state index < -0.39 is 24.8 Å². The number of aliphatic carboxylic acids is 1. The summed E-state index contributed by atoms with van der Waals surface area (Å²) in [6.45, 7) is -1.47. The Labute approximate surface area is 175 Å². The molecule has 0 unspecified atom stereocenters. The van der Waals surface area contributed by atoms with Crippen LogP contribution in [0.4, 0.5) is 23.1 Å². The van der Waals surface area contributed by atoms with Crippen LogP contribution in [0.5, 0.6) is 0 Å². The number of nitrogens with zero attached hydrogens (tertiary/aromatic N) is 2. The number of urea groups is 1. The second-order valence-electron chi connectivity index (χ2n) is 6.56. The lowest BCUT2D eigenvalue weighted by Crippen LogP contribution is -2.45. The van der Waals surface area contributed by atoms with Gasteiger partial charge in [-0.3, -0.25) is 10.1 Å². The number of thioether (sulfide) groups is 1. The van der Waals surface area contributed by atoms with Crippen molar-refractivity contribution in [1.82, 2.24) is 9.88 Å². The number of hydrogen-bond acceptors (Lipinski definition) is 6. The molecule has 0 aliphatic heterocycles. The maximum Gasteiger partial charge on any atom is 0.411 e. The molecule has 1 saturated carbocycles. The van der Waals surface area contributed by atoms with Gasteiger partial charge >= 0.3 is 18.2 Å². The Morgan fingerprint density at radius 2 is 2.07 bits per heavy atom. The van der Waals surface area contributed by atoms with Crippen LogP contribution >= 0.6 is 23.1 Å². The number of thiazole rings is 1. The minimum Gasteiger partial charge on any atom is -0.481 e. The Hall–Kier alpha value is -1.53. The Morgan fingerprint density at radius 1 is 1.34 bits per heavy atom. The Morgan fingerprint density at radius 3 is 2.72 bits per heavy atom. The maximum absolute atomic E-state index is 12.7. The lowest BCUT2D eigenvalue weighted by Gasteiger charge is -2.34. The van der Waals surface area contributed by atoms with Gasteiger partial charge in [0.25, 0.3) is 0 Å². The van der Waals surface area contributed by atoms with Crippen LogP contribution in [0.1, 0.15) is 38.5 Å². The van der Waals surface area contributed by atoms with E-state index >= 15 is 0 Å². The molecule has 0 saturated heterocycles. The molecule has 29 heavy (non-hydrogen) atoms. The standard InChI is InChI=1S/C17H24F3N3O4S2/c18-17(19,20)11-27-8-7-23(12-4-2-1-3-5-12)16(26)22-15-21-10-14(29-15)28-9-6-13(24)25/h10,12H,1-9,11H2,(H,24,25)(H,21,22,26). The maximum atomic E-state index is 12.7. The number of hydrogen-bond donors (Lipinski definition) is 2. The zero-order valence-electron chi connectivity index (χ0n) is 15.7. The average molecular weight is 456 g/mol. The van der Waals surface area contributed by atoms with Crippen molar-refractivity contribution in [3.8, 4) is 0 Å². The molecule has 164 valence electrons. The number of halogens is 3. The molecule has 1 aliphatic carbocycles. The number of anilines is 1. The van der Waals surface area contributed by atoms with Crippen LogP contribution in [0.25, 0.3) is 0 Å². The van der Waals surface area contributed by atoms with Gasteiger partial charge in [-0.2, -0.15) is 13.2 Å². The summed E-state index contributed by atoms with van der Waals surface area (Å²) in [5.41, 5.74) is 0. The van der Waals surface area contributed by atoms with Gasteiger partial charge in [0.05, 0.1) is 23.4 Å². The van der Waals surface area contributed by atoms with Gasteiger partial charge in [-0.1, -0.05) is 30.6 Å². The summed E-state index contributed by atoms with van der Waals surface area (Å²) in [5, 5.41) is 11.7. The van der Waals surface area contributed by atoms with E-state index in [9.17, 15) is 22.8 Å². The predicted octanol–water partition coefficient (Wildman–Crippen LogP) is 4.46. The molecule has 1 aromatic rings. The Balaban J connectivity index is 1.90. The smallest absolute Gasteiger partial charge is 0.411 e. The SMILES string of the molecule is O=C(O)CCSc1cnc(NC(=O)N(CCOCC(F)(F)F)C2CCCCC2)s1. The van der Waals surface area contributed by atoms with E-state index in [-0.39, 0.29) is 25.6 Å². The fourth-order valence-electron chi connectivity index (χ4n) is 2.98. The molecule has 7 nitrogen and oxygen atoms in total. The lowest BCUT2D eigenvalue weighted by atomic mass is 9.94. The van der Waals surface area contributed by atoms with E-state index in [0.717, 1.165) is 36.3 Å². The van der Waals surface area contributed by atoms with Crippen LogP contribution in [-0.2, 0) is 9.53 Å². The number of carboxylic acid groups (broad SMARTS) is 1. The molecule has 1 aliphatic rings. The monoisotopic (exact) mass is 455 g/mol. The number of nitrogens with one attached hydrogen (secondary N) is 1. The van der Waals surface area contributed by atoms with Crippen molar-refractivity contribution in [2.75, 3.05) is 30.8 Å². The molecule has 2 amide bonds. The normalized spacial score (nSPS) is 15.3. The molecular weight excluding hydrogens is 431 g/mol. The van der Waals surface area contributed by atoms with Gasteiger partial charge in [-0.25, -0.2) is 9.78 Å². The van der Waals surface area contributed by atoms with Crippen molar-refractivity contribution < 1.29 is 32.6 Å². The third kappa shape index (κ3) is 9.22. The van der Waals surface area contributed by atoms with Gasteiger partial charge in [-0.15, -0.1) is 11.8 Å². The fourth-order valence-corrected chi connectivity index (χ4v) is 4.85. The quantitative estimate of drug-likeness (QED) is 0.400. The first-order chi connectivity index (χ1) is 13.7. The third-order valence-electron chi connectivity index (χ3n) is 4.28. The van der Waals surface area contributed by atoms with E-state index in [1.54, 1.807) is 6.20 Å². The average Bonchev–Trinajstić information content (AvgIpc) is 3.08. The van der Waals surface area contributed by atoms with Crippen molar-refractivity contribution in [3.05, 3.63) is 6.20 Å². The second kappa shape index (κ2) is 11.6. The van der Waals surface area contributed by atoms with E-state index in [0.29, 0.717) is 10.9 Å². The third-order valence-corrected chi connectivity index (χ3v) is 6.39. The number of carboxylic acids is 1. The Bertz CT molecular complexity index is 667. The van der Waals surface area contributed by atoms with E-state index in [1.807, 2.05) is 0 Å². The summed E-state index contributed by atoms with van der Waals surface area (Å²) in [7, 11) is 0. The van der Waals surface area contributed by atoms with Gasteiger partial charge in [-0.05, 0) is 12.8 Å². The van der Waals surface area contributed by atoms with Crippen LogP contribution in [-0.4, -0.2) is 64.7 Å². The first-order valence-corrected chi connectivity index (χ1v) is 11.1. The van der Waals surface area contributed by atoms with Crippen molar-refractivity contribution in [1.29, 1.82) is 0 Å². The summed E-state index contributed by atoms with van der Waals surface area (Å²) >= 11 is 2.56. The Kier molecular flexibility index (Phi) is 9.50. The first-order valence-electron chi connectivity index (χ1n) is 9.27. The number of amides is 2. The van der Waals surface area contributed by atoms with Crippen molar-refractivity contribution in [3.63, 3.8) is 0 Å².